The summed E-state index contributed by atoms with van der Waals surface area (Å²) in [7, 11) is 0. The van der Waals surface area contributed by atoms with Crippen molar-refractivity contribution in [2.45, 2.75) is 60.4 Å². The number of amides is 2. The number of hydrogen-bond donors (Lipinski definition) is 1. The summed E-state index contributed by atoms with van der Waals surface area (Å²) in [6.45, 7) is 12.6. The third kappa shape index (κ3) is 5.93. The number of nitrogens with one attached hydrogen (secondary N) is 1. The Morgan fingerprint density at radius 1 is 0.931 bits per heavy atom. The third-order valence-corrected chi connectivity index (χ3v) is 5.32. The fourth-order valence-corrected chi connectivity index (χ4v) is 3.49. The molecule has 2 aromatic rings. The fourth-order valence-electron chi connectivity index (χ4n) is 3.49. The number of carbonyl (C=O) groups is 2. The van der Waals surface area contributed by atoms with Crippen molar-refractivity contribution in [1.29, 1.82) is 0 Å². The second kappa shape index (κ2) is 12.1. The predicted octanol–water partition coefficient (Wildman–Crippen LogP) is 6.01. The molecule has 0 radical (unpaired) electrons. The number of hydrogen-bond acceptors (Lipinski definition) is 2. The highest BCUT2D eigenvalue weighted by molar-refractivity contribution is 5.98. The van der Waals surface area contributed by atoms with Crippen LogP contribution in [0.5, 0.6) is 0 Å². The van der Waals surface area contributed by atoms with Gasteiger partial charge in [0.25, 0.3) is 5.91 Å². The van der Waals surface area contributed by atoms with Crippen molar-refractivity contribution in [2.24, 2.45) is 5.41 Å². The molecule has 4 nitrogen and oxygen atoms in total. The minimum Gasteiger partial charge on any atom is -0.335 e. The number of rotatable bonds is 3. The minimum atomic E-state index is -0.613. The number of benzene rings is 2. The van der Waals surface area contributed by atoms with Crippen LogP contribution in [0, 0.1) is 5.41 Å². The van der Waals surface area contributed by atoms with Gasteiger partial charge in [0.2, 0.25) is 5.91 Å². The number of likely N-dealkylation sites (tertiary alicyclic amines) is 1. The molecule has 1 fully saturated rings. The van der Waals surface area contributed by atoms with E-state index in [0.29, 0.717) is 12.1 Å². The normalized spacial score (nSPS) is 20.3. The second-order valence-electron chi connectivity index (χ2n) is 6.88. The van der Waals surface area contributed by atoms with E-state index in [2.05, 4.69) is 5.32 Å². The van der Waals surface area contributed by atoms with Gasteiger partial charge >= 0.3 is 0 Å². The zero-order valence-electron chi connectivity index (χ0n) is 18.7. The van der Waals surface area contributed by atoms with Gasteiger partial charge in [-0.05, 0) is 51.0 Å². The van der Waals surface area contributed by atoms with E-state index in [1.165, 1.54) is 0 Å². The first-order valence-electron chi connectivity index (χ1n) is 10.7. The highest BCUT2D eigenvalue weighted by Crippen LogP contribution is 2.37. The summed E-state index contributed by atoms with van der Waals surface area (Å²) in [5.41, 5.74) is 0.841. The lowest BCUT2D eigenvalue weighted by atomic mass is 9.74. The van der Waals surface area contributed by atoms with E-state index < -0.39 is 5.41 Å². The van der Waals surface area contributed by atoms with Gasteiger partial charge in [0, 0.05) is 23.8 Å². The van der Waals surface area contributed by atoms with Crippen LogP contribution >= 0.6 is 0 Å². The molecule has 0 unspecified atom stereocenters. The van der Waals surface area contributed by atoms with Gasteiger partial charge in [0.15, 0.2) is 0 Å². The molecule has 1 N–H and O–H groups in total. The summed E-state index contributed by atoms with van der Waals surface area (Å²) in [5, 5.41) is 3.00. The molecule has 2 aromatic carbocycles. The maximum atomic E-state index is 13.0. The number of anilines is 1. The van der Waals surface area contributed by atoms with Crippen LogP contribution in [-0.2, 0) is 4.79 Å². The summed E-state index contributed by atoms with van der Waals surface area (Å²) in [4.78, 5) is 27.7. The molecule has 2 atom stereocenters. The first kappa shape index (κ1) is 24.4. The standard InChI is InChI=1S/C21H24N2O2.2C2H6/c1-16-21(2,20(25)22-18-12-7-4-8-13-18)14-9-15-23(16)19(24)17-10-5-3-6-11-17;2*1-2/h3-8,10-13,16H,9,14-15H2,1-2H3,(H,22,25);2*1-2H3/t16-,21-;;/m0../s1. The fraction of sp³-hybridized carbons (Fsp3) is 0.440. The number of para-hydroxylation sites is 1. The Balaban J connectivity index is 0.000000989. The Hall–Kier alpha value is -2.62. The largest absolute Gasteiger partial charge is 0.335 e. The lowest BCUT2D eigenvalue weighted by Gasteiger charge is -2.45. The van der Waals surface area contributed by atoms with Crippen molar-refractivity contribution in [2.75, 3.05) is 11.9 Å². The van der Waals surface area contributed by atoms with Crippen LogP contribution in [0.15, 0.2) is 60.7 Å². The van der Waals surface area contributed by atoms with Gasteiger partial charge < -0.3 is 10.2 Å². The molecule has 4 heteroatoms. The Labute approximate surface area is 176 Å². The molecule has 0 bridgehead atoms. The monoisotopic (exact) mass is 396 g/mol. The molecule has 2 amide bonds. The maximum Gasteiger partial charge on any atom is 0.254 e. The lowest BCUT2D eigenvalue weighted by Crippen LogP contribution is -2.56. The van der Waals surface area contributed by atoms with Crippen molar-refractivity contribution < 1.29 is 9.59 Å². The third-order valence-electron chi connectivity index (χ3n) is 5.32. The Morgan fingerprint density at radius 3 is 2.00 bits per heavy atom. The topological polar surface area (TPSA) is 49.4 Å². The van der Waals surface area contributed by atoms with E-state index in [-0.39, 0.29) is 17.9 Å². The lowest BCUT2D eigenvalue weighted by molar-refractivity contribution is -0.130. The van der Waals surface area contributed by atoms with Gasteiger partial charge in [-0.15, -0.1) is 0 Å². The molecule has 0 spiro atoms. The van der Waals surface area contributed by atoms with Gasteiger partial charge in [0.05, 0.1) is 5.41 Å². The van der Waals surface area contributed by atoms with Gasteiger partial charge in [0.1, 0.15) is 0 Å². The smallest absolute Gasteiger partial charge is 0.254 e. The first-order chi connectivity index (χ1) is 14.0. The van der Waals surface area contributed by atoms with Gasteiger partial charge in [-0.25, -0.2) is 0 Å². The van der Waals surface area contributed by atoms with E-state index in [9.17, 15) is 9.59 Å². The average Bonchev–Trinajstić information content (AvgIpc) is 2.79. The quantitative estimate of drug-likeness (QED) is 0.691. The van der Waals surface area contributed by atoms with E-state index in [1.54, 1.807) is 0 Å². The average molecular weight is 397 g/mol. The highest BCUT2D eigenvalue weighted by atomic mass is 16.2. The summed E-state index contributed by atoms with van der Waals surface area (Å²) >= 11 is 0. The predicted molar refractivity (Wildman–Crippen MR) is 122 cm³/mol. The Kier molecular flexibility index (Phi) is 10.1. The Bertz CT molecular complexity index is 746. The molecule has 1 saturated heterocycles. The SMILES string of the molecule is CC.CC.C[C@@H]1N(C(=O)c2ccccc2)CCC[C@]1(C)C(=O)Nc1ccccc1. The van der Waals surface area contributed by atoms with Crippen molar-refractivity contribution in [3.05, 3.63) is 66.2 Å². The van der Waals surface area contributed by atoms with Crippen LogP contribution in [0.3, 0.4) is 0 Å². The molecule has 1 heterocycles. The number of carbonyl (C=O) groups excluding carboxylic acids is 2. The molecule has 0 saturated carbocycles. The van der Waals surface area contributed by atoms with Gasteiger partial charge in [-0.1, -0.05) is 64.1 Å². The molecular formula is C25H36N2O2. The van der Waals surface area contributed by atoms with Crippen LogP contribution in [-0.4, -0.2) is 29.3 Å². The van der Waals surface area contributed by atoms with Crippen molar-refractivity contribution in [3.8, 4) is 0 Å². The Morgan fingerprint density at radius 2 is 1.45 bits per heavy atom. The van der Waals surface area contributed by atoms with Crippen molar-refractivity contribution in [3.63, 3.8) is 0 Å². The molecule has 1 aliphatic heterocycles. The summed E-state index contributed by atoms with van der Waals surface area (Å²) in [5.74, 6) is -0.0386. The number of nitrogens with zero attached hydrogens (tertiary/aromatic N) is 1. The molecule has 0 aromatic heterocycles. The first-order valence-corrected chi connectivity index (χ1v) is 10.7. The van der Waals surface area contributed by atoms with Crippen LogP contribution in [0.25, 0.3) is 0 Å². The van der Waals surface area contributed by atoms with Crippen molar-refractivity contribution in [1.82, 2.24) is 4.90 Å². The summed E-state index contributed by atoms with van der Waals surface area (Å²) < 4.78 is 0. The highest BCUT2D eigenvalue weighted by Gasteiger charge is 2.45. The van der Waals surface area contributed by atoms with E-state index >= 15 is 0 Å². The summed E-state index contributed by atoms with van der Waals surface area (Å²) in [6.07, 6.45) is 1.59. The molecule has 158 valence electrons. The van der Waals surface area contributed by atoms with Crippen LogP contribution in [0.4, 0.5) is 5.69 Å². The minimum absolute atomic E-state index is 0.00784. The van der Waals surface area contributed by atoms with E-state index in [0.717, 1.165) is 18.5 Å². The molecule has 29 heavy (non-hydrogen) atoms. The molecule has 3 rings (SSSR count). The molecular weight excluding hydrogens is 360 g/mol. The van der Waals surface area contributed by atoms with Gasteiger partial charge in [-0.2, -0.15) is 0 Å². The van der Waals surface area contributed by atoms with Gasteiger partial charge in [-0.3, -0.25) is 9.59 Å². The molecule has 0 aliphatic carbocycles. The van der Waals surface area contributed by atoms with Crippen LogP contribution in [0.2, 0.25) is 0 Å². The molecule has 1 aliphatic rings. The summed E-state index contributed by atoms with van der Waals surface area (Å²) in [6, 6.07) is 18.6. The van der Waals surface area contributed by atoms with E-state index in [4.69, 9.17) is 0 Å². The van der Waals surface area contributed by atoms with Crippen molar-refractivity contribution >= 4 is 17.5 Å². The van der Waals surface area contributed by atoms with Crippen LogP contribution < -0.4 is 5.32 Å². The number of piperidine rings is 1. The maximum absolute atomic E-state index is 13.0. The van der Waals surface area contributed by atoms with Crippen LogP contribution in [0.1, 0.15) is 64.7 Å². The van der Waals surface area contributed by atoms with E-state index in [1.807, 2.05) is 107 Å². The zero-order valence-corrected chi connectivity index (χ0v) is 18.7. The second-order valence-corrected chi connectivity index (χ2v) is 6.88. The zero-order chi connectivity index (χ0) is 21.9.